The minimum Gasteiger partial charge on any atom is -0.506 e. The molecule has 70 valence electrons. The lowest BCUT2D eigenvalue weighted by Crippen LogP contribution is -2.03. The van der Waals surface area contributed by atoms with Gasteiger partial charge in [0.1, 0.15) is 16.4 Å². The summed E-state index contributed by atoms with van der Waals surface area (Å²) in [5, 5.41) is 9.17. The maximum Gasteiger partial charge on any atom is 0.219 e. The lowest BCUT2D eigenvalue weighted by molar-refractivity contribution is 0.388. The predicted octanol–water partition coefficient (Wildman–Crippen LogP) is 0.0980. The van der Waals surface area contributed by atoms with E-state index in [-0.39, 0.29) is 22.1 Å². The van der Waals surface area contributed by atoms with Crippen LogP contribution in [0.25, 0.3) is 0 Å². The molecule has 0 saturated heterocycles. The Morgan fingerprint density at radius 2 is 2.15 bits per heavy atom. The van der Waals surface area contributed by atoms with Crippen molar-refractivity contribution in [1.82, 2.24) is 0 Å². The number of hydrogen-bond acceptors (Lipinski definition) is 5. The minimum atomic E-state index is -3.47. The van der Waals surface area contributed by atoms with E-state index in [1.165, 1.54) is 12.1 Å². The monoisotopic (exact) mass is 201 g/mol. The average molecular weight is 201 g/mol. The van der Waals surface area contributed by atoms with E-state index >= 15 is 0 Å². The zero-order chi connectivity index (χ0) is 9.64. The summed E-state index contributed by atoms with van der Waals surface area (Å²) in [6, 6.07) is 2.68. The highest BCUT2D eigenvalue weighted by Gasteiger charge is 2.31. The summed E-state index contributed by atoms with van der Waals surface area (Å²) in [5.41, 5.74) is 5.26. The maximum absolute atomic E-state index is 11.3. The van der Waals surface area contributed by atoms with Gasteiger partial charge in [0.15, 0.2) is 5.94 Å². The van der Waals surface area contributed by atoms with Crippen molar-refractivity contribution in [2.45, 2.75) is 4.90 Å². The van der Waals surface area contributed by atoms with E-state index in [0.29, 0.717) is 0 Å². The van der Waals surface area contributed by atoms with Crippen LogP contribution >= 0.6 is 0 Å². The molecule has 2 rings (SSSR count). The summed E-state index contributed by atoms with van der Waals surface area (Å²) in [7, 11) is -3.47. The summed E-state index contributed by atoms with van der Waals surface area (Å²) in [5.74, 6) is -0.446. The molecule has 6 heteroatoms. The maximum atomic E-state index is 11.3. The van der Waals surface area contributed by atoms with Crippen LogP contribution in [0, 0.1) is 0 Å². The Morgan fingerprint density at radius 1 is 1.46 bits per heavy atom. The molecule has 0 bridgehead atoms. The third-order valence-electron chi connectivity index (χ3n) is 1.82. The number of rotatable bonds is 0. The molecule has 1 aromatic carbocycles. The standard InChI is InChI=1S/C7H7NO4S/c8-6-4(9)1-2-5-7(6)13(10,11)3-12-5/h1-2,9H,3,8H2. The van der Waals surface area contributed by atoms with Gasteiger partial charge in [-0.2, -0.15) is 0 Å². The third kappa shape index (κ3) is 1.02. The van der Waals surface area contributed by atoms with Gasteiger partial charge in [0, 0.05) is 0 Å². The van der Waals surface area contributed by atoms with E-state index < -0.39 is 15.8 Å². The Balaban J connectivity index is 2.83. The third-order valence-corrected chi connectivity index (χ3v) is 3.29. The molecular formula is C7H7NO4S. The molecule has 0 aliphatic carbocycles. The molecule has 0 unspecified atom stereocenters. The molecule has 0 aromatic heterocycles. The van der Waals surface area contributed by atoms with Crippen molar-refractivity contribution in [3.63, 3.8) is 0 Å². The van der Waals surface area contributed by atoms with Crippen LogP contribution in [0.5, 0.6) is 11.5 Å². The second kappa shape index (κ2) is 2.29. The number of aromatic hydroxyl groups is 1. The second-order valence-corrected chi connectivity index (χ2v) is 4.58. The highest BCUT2D eigenvalue weighted by atomic mass is 32.2. The summed E-state index contributed by atoms with van der Waals surface area (Å²) < 4.78 is 27.5. The number of sulfone groups is 1. The van der Waals surface area contributed by atoms with Crippen LogP contribution < -0.4 is 10.5 Å². The number of anilines is 1. The van der Waals surface area contributed by atoms with Crippen molar-refractivity contribution in [3.8, 4) is 11.5 Å². The van der Waals surface area contributed by atoms with Crippen molar-refractivity contribution in [2.24, 2.45) is 0 Å². The Morgan fingerprint density at radius 3 is 2.85 bits per heavy atom. The summed E-state index contributed by atoms with van der Waals surface area (Å²) in [6.45, 7) is 0. The molecule has 0 spiro atoms. The van der Waals surface area contributed by atoms with Crippen molar-refractivity contribution >= 4 is 15.5 Å². The number of nitrogens with two attached hydrogens (primary N) is 1. The van der Waals surface area contributed by atoms with E-state index in [0.717, 1.165) is 0 Å². The number of benzene rings is 1. The van der Waals surface area contributed by atoms with Crippen LogP contribution in [-0.4, -0.2) is 19.5 Å². The van der Waals surface area contributed by atoms with Crippen LogP contribution in [0.1, 0.15) is 0 Å². The van der Waals surface area contributed by atoms with E-state index in [4.69, 9.17) is 10.5 Å². The molecule has 0 saturated carbocycles. The van der Waals surface area contributed by atoms with E-state index in [1.807, 2.05) is 0 Å². The molecule has 3 N–H and O–H groups in total. The molecule has 1 heterocycles. The highest BCUT2D eigenvalue weighted by molar-refractivity contribution is 7.91. The van der Waals surface area contributed by atoms with Crippen LogP contribution in [0.4, 0.5) is 5.69 Å². The summed E-state index contributed by atoms with van der Waals surface area (Å²) in [4.78, 5) is -0.104. The van der Waals surface area contributed by atoms with Crippen LogP contribution in [0.15, 0.2) is 17.0 Å². The van der Waals surface area contributed by atoms with Gasteiger partial charge in [-0.25, -0.2) is 8.42 Å². The molecule has 1 aliphatic rings. The number of phenolic OH excluding ortho intramolecular Hbond substituents is 1. The number of ether oxygens (including phenoxy) is 1. The average Bonchev–Trinajstić information content (AvgIpc) is 2.35. The molecular weight excluding hydrogens is 194 g/mol. The largest absolute Gasteiger partial charge is 0.506 e. The number of hydrogen-bond donors (Lipinski definition) is 2. The van der Waals surface area contributed by atoms with Gasteiger partial charge in [0.25, 0.3) is 0 Å². The van der Waals surface area contributed by atoms with Crippen LogP contribution in [-0.2, 0) is 9.84 Å². The molecule has 0 atom stereocenters. The van der Waals surface area contributed by atoms with Gasteiger partial charge in [-0.3, -0.25) is 0 Å². The van der Waals surface area contributed by atoms with Crippen molar-refractivity contribution in [3.05, 3.63) is 12.1 Å². The van der Waals surface area contributed by atoms with Gasteiger partial charge in [-0.1, -0.05) is 0 Å². The fraction of sp³-hybridized carbons (Fsp3) is 0.143. The van der Waals surface area contributed by atoms with Crippen molar-refractivity contribution in [1.29, 1.82) is 0 Å². The topological polar surface area (TPSA) is 89.6 Å². The number of phenols is 1. The Kier molecular flexibility index (Phi) is 1.44. The Hall–Kier alpha value is -1.43. The molecule has 0 fully saturated rings. The minimum absolute atomic E-state index is 0.104. The molecule has 1 aromatic rings. The van der Waals surface area contributed by atoms with E-state index in [9.17, 15) is 13.5 Å². The molecule has 5 nitrogen and oxygen atoms in total. The van der Waals surface area contributed by atoms with Crippen molar-refractivity contribution < 1.29 is 18.3 Å². The van der Waals surface area contributed by atoms with Gasteiger partial charge in [0.2, 0.25) is 9.84 Å². The first-order chi connectivity index (χ1) is 6.02. The number of fused-ring (bicyclic) bond motifs is 1. The molecule has 0 radical (unpaired) electrons. The number of nitrogen functional groups attached to an aromatic ring is 1. The Bertz CT molecular complexity index is 466. The van der Waals surface area contributed by atoms with Gasteiger partial charge in [0.05, 0.1) is 5.69 Å². The first-order valence-corrected chi connectivity index (χ1v) is 5.14. The second-order valence-electron chi connectivity index (χ2n) is 2.70. The first kappa shape index (κ1) is 8.18. The van der Waals surface area contributed by atoms with Gasteiger partial charge in [-0.15, -0.1) is 0 Å². The fourth-order valence-electron chi connectivity index (χ4n) is 1.20. The molecule has 13 heavy (non-hydrogen) atoms. The zero-order valence-corrected chi connectivity index (χ0v) is 7.34. The summed E-state index contributed by atoms with van der Waals surface area (Å²) in [6.07, 6.45) is 0. The Labute approximate surface area is 74.7 Å². The lowest BCUT2D eigenvalue weighted by Gasteiger charge is -2.02. The predicted molar refractivity (Wildman–Crippen MR) is 45.2 cm³/mol. The van der Waals surface area contributed by atoms with Gasteiger partial charge >= 0.3 is 0 Å². The first-order valence-electron chi connectivity index (χ1n) is 3.49. The zero-order valence-electron chi connectivity index (χ0n) is 6.52. The molecule has 0 amide bonds. The molecule has 1 aliphatic heterocycles. The smallest absolute Gasteiger partial charge is 0.219 e. The van der Waals surface area contributed by atoms with E-state index in [1.54, 1.807) is 0 Å². The van der Waals surface area contributed by atoms with Crippen LogP contribution in [0.2, 0.25) is 0 Å². The lowest BCUT2D eigenvalue weighted by atomic mass is 10.3. The van der Waals surface area contributed by atoms with Gasteiger partial charge in [-0.05, 0) is 12.1 Å². The van der Waals surface area contributed by atoms with Crippen LogP contribution in [0.3, 0.4) is 0 Å². The quantitative estimate of drug-likeness (QED) is 0.459. The normalized spacial score (nSPS) is 17.8. The summed E-state index contributed by atoms with van der Waals surface area (Å²) >= 11 is 0. The highest BCUT2D eigenvalue weighted by Crippen LogP contribution is 2.40. The van der Waals surface area contributed by atoms with E-state index in [2.05, 4.69) is 0 Å². The van der Waals surface area contributed by atoms with Gasteiger partial charge < -0.3 is 15.6 Å². The fourth-order valence-corrected chi connectivity index (χ4v) is 2.48. The van der Waals surface area contributed by atoms with Crippen molar-refractivity contribution in [2.75, 3.05) is 11.7 Å². The SMILES string of the molecule is Nc1c(O)ccc2c1S(=O)(=O)CO2.